The number of hydrogen-bond donors (Lipinski definition) is 0. The molecule has 1 aliphatic heterocycles. The summed E-state index contributed by atoms with van der Waals surface area (Å²) in [5.74, 6) is 1.13. The Labute approximate surface area is 134 Å². The Morgan fingerprint density at radius 2 is 1.91 bits per heavy atom. The van der Waals surface area contributed by atoms with Crippen LogP contribution in [0.2, 0.25) is 5.02 Å². The maximum Gasteiger partial charge on any atom is 0.158 e. The Kier molecular flexibility index (Phi) is 3.26. The Balaban J connectivity index is 1.88. The van der Waals surface area contributed by atoms with E-state index < -0.39 is 0 Å². The second kappa shape index (κ2) is 5.29. The molecule has 1 fully saturated rings. The van der Waals surface area contributed by atoms with E-state index in [1.54, 1.807) is 0 Å². The standard InChI is InChI=1S/C17H17ClN4/c1-12-9-17(21-7-2-3-8-21)22-16(19-12)11-15(20-22)13-5-4-6-14(18)10-13/h4-6,9-11H,2-3,7-8H2,1H3. The lowest BCUT2D eigenvalue weighted by atomic mass is 10.1. The number of hydrogen-bond acceptors (Lipinski definition) is 3. The molecule has 112 valence electrons. The zero-order valence-corrected chi connectivity index (χ0v) is 13.2. The highest BCUT2D eigenvalue weighted by Gasteiger charge is 2.18. The summed E-state index contributed by atoms with van der Waals surface area (Å²) >= 11 is 6.10. The van der Waals surface area contributed by atoms with Gasteiger partial charge in [0.2, 0.25) is 0 Å². The van der Waals surface area contributed by atoms with Gasteiger partial charge in [0, 0.05) is 41.5 Å². The third-order valence-electron chi connectivity index (χ3n) is 4.09. The lowest BCUT2D eigenvalue weighted by Gasteiger charge is -2.18. The average molecular weight is 313 g/mol. The number of fused-ring (bicyclic) bond motifs is 1. The quantitative estimate of drug-likeness (QED) is 0.718. The van der Waals surface area contributed by atoms with Crippen LogP contribution in [0.5, 0.6) is 0 Å². The summed E-state index contributed by atoms with van der Waals surface area (Å²) in [5, 5.41) is 5.48. The van der Waals surface area contributed by atoms with E-state index in [0.29, 0.717) is 0 Å². The molecule has 0 radical (unpaired) electrons. The van der Waals surface area contributed by atoms with E-state index in [1.807, 2.05) is 41.8 Å². The maximum absolute atomic E-state index is 6.10. The van der Waals surface area contributed by atoms with Crippen LogP contribution in [0.25, 0.3) is 16.9 Å². The van der Waals surface area contributed by atoms with Crippen LogP contribution in [0.1, 0.15) is 18.5 Å². The first-order valence-electron chi connectivity index (χ1n) is 7.59. The minimum Gasteiger partial charge on any atom is -0.356 e. The molecule has 1 saturated heterocycles. The second-order valence-corrected chi connectivity index (χ2v) is 6.20. The second-order valence-electron chi connectivity index (χ2n) is 5.76. The van der Waals surface area contributed by atoms with Crippen LogP contribution >= 0.6 is 11.6 Å². The van der Waals surface area contributed by atoms with E-state index in [0.717, 1.165) is 46.5 Å². The third-order valence-corrected chi connectivity index (χ3v) is 4.32. The molecule has 0 bridgehead atoms. The first kappa shape index (κ1) is 13.6. The summed E-state index contributed by atoms with van der Waals surface area (Å²) in [6, 6.07) is 11.9. The number of rotatable bonds is 2. The monoisotopic (exact) mass is 312 g/mol. The molecule has 4 rings (SSSR count). The van der Waals surface area contributed by atoms with Crippen molar-refractivity contribution in [3.05, 3.63) is 47.1 Å². The molecule has 4 nitrogen and oxygen atoms in total. The van der Waals surface area contributed by atoms with E-state index in [1.165, 1.54) is 12.8 Å². The van der Waals surface area contributed by atoms with Gasteiger partial charge in [0.15, 0.2) is 5.65 Å². The van der Waals surface area contributed by atoms with Crippen molar-refractivity contribution < 1.29 is 0 Å². The van der Waals surface area contributed by atoms with Crippen LogP contribution in [-0.2, 0) is 0 Å². The van der Waals surface area contributed by atoms with Gasteiger partial charge >= 0.3 is 0 Å². The summed E-state index contributed by atoms with van der Waals surface area (Å²) in [5.41, 5.74) is 3.83. The highest BCUT2D eigenvalue weighted by atomic mass is 35.5. The normalized spacial score (nSPS) is 14.9. The van der Waals surface area contributed by atoms with Gasteiger partial charge in [0.25, 0.3) is 0 Å². The Morgan fingerprint density at radius 3 is 2.68 bits per heavy atom. The Hall–Kier alpha value is -2.07. The van der Waals surface area contributed by atoms with Gasteiger partial charge < -0.3 is 4.90 Å². The third kappa shape index (κ3) is 2.33. The van der Waals surface area contributed by atoms with Crippen molar-refractivity contribution in [2.24, 2.45) is 0 Å². The number of benzene rings is 1. The van der Waals surface area contributed by atoms with Crippen molar-refractivity contribution in [1.82, 2.24) is 14.6 Å². The number of halogens is 1. The predicted octanol–water partition coefficient (Wildman–Crippen LogP) is 3.96. The molecule has 3 heterocycles. The number of aryl methyl sites for hydroxylation is 1. The molecule has 0 amide bonds. The summed E-state index contributed by atoms with van der Waals surface area (Å²) in [7, 11) is 0. The van der Waals surface area contributed by atoms with Crippen molar-refractivity contribution in [2.45, 2.75) is 19.8 Å². The molecule has 3 aromatic rings. The van der Waals surface area contributed by atoms with Crippen molar-refractivity contribution in [3.8, 4) is 11.3 Å². The van der Waals surface area contributed by atoms with Gasteiger partial charge in [-0.05, 0) is 31.9 Å². The summed E-state index contributed by atoms with van der Waals surface area (Å²) in [4.78, 5) is 7.00. The van der Waals surface area contributed by atoms with Crippen LogP contribution in [0.3, 0.4) is 0 Å². The fourth-order valence-electron chi connectivity index (χ4n) is 3.04. The minimum absolute atomic E-state index is 0.721. The van der Waals surface area contributed by atoms with E-state index >= 15 is 0 Å². The summed E-state index contributed by atoms with van der Waals surface area (Å²) in [6.45, 7) is 4.21. The van der Waals surface area contributed by atoms with Gasteiger partial charge in [-0.25, -0.2) is 4.98 Å². The van der Waals surface area contributed by atoms with Gasteiger partial charge in [0.05, 0.1) is 5.69 Å². The molecule has 0 atom stereocenters. The maximum atomic E-state index is 6.10. The van der Waals surface area contributed by atoms with Gasteiger partial charge in [0.1, 0.15) is 5.82 Å². The van der Waals surface area contributed by atoms with Crippen molar-refractivity contribution in [3.63, 3.8) is 0 Å². The molecule has 2 aromatic heterocycles. The molecular weight excluding hydrogens is 296 g/mol. The zero-order valence-electron chi connectivity index (χ0n) is 12.5. The van der Waals surface area contributed by atoms with Crippen molar-refractivity contribution >= 4 is 23.1 Å². The molecule has 1 aliphatic rings. The van der Waals surface area contributed by atoms with Gasteiger partial charge in [-0.1, -0.05) is 23.7 Å². The fraction of sp³-hybridized carbons (Fsp3) is 0.294. The first-order valence-corrected chi connectivity index (χ1v) is 7.97. The molecule has 1 aromatic carbocycles. The van der Waals surface area contributed by atoms with Crippen LogP contribution in [0, 0.1) is 6.92 Å². The Bertz CT molecular complexity index is 834. The van der Waals surface area contributed by atoms with E-state index in [4.69, 9.17) is 16.7 Å². The lowest BCUT2D eigenvalue weighted by molar-refractivity contribution is 0.847. The molecule has 0 spiro atoms. The number of anilines is 1. The Morgan fingerprint density at radius 1 is 1.09 bits per heavy atom. The summed E-state index contributed by atoms with van der Waals surface area (Å²) < 4.78 is 1.95. The molecule has 0 N–H and O–H groups in total. The zero-order chi connectivity index (χ0) is 15.1. The summed E-state index contributed by atoms with van der Waals surface area (Å²) in [6.07, 6.45) is 2.48. The number of aromatic nitrogens is 3. The van der Waals surface area contributed by atoms with E-state index in [2.05, 4.69) is 16.0 Å². The van der Waals surface area contributed by atoms with Crippen LogP contribution in [0.4, 0.5) is 5.82 Å². The molecule has 0 unspecified atom stereocenters. The van der Waals surface area contributed by atoms with Gasteiger partial charge in [-0.2, -0.15) is 9.61 Å². The highest BCUT2D eigenvalue weighted by molar-refractivity contribution is 6.30. The largest absolute Gasteiger partial charge is 0.356 e. The highest BCUT2D eigenvalue weighted by Crippen LogP contribution is 2.26. The van der Waals surface area contributed by atoms with Crippen LogP contribution < -0.4 is 4.90 Å². The van der Waals surface area contributed by atoms with E-state index in [-0.39, 0.29) is 0 Å². The van der Waals surface area contributed by atoms with Crippen LogP contribution in [0.15, 0.2) is 36.4 Å². The topological polar surface area (TPSA) is 33.4 Å². The minimum atomic E-state index is 0.721. The molecular formula is C17H17ClN4. The lowest BCUT2D eigenvalue weighted by Crippen LogP contribution is -2.21. The van der Waals surface area contributed by atoms with Crippen LogP contribution in [-0.4, -0.2) is 27.7 Å². The van der Waals surface area contributed by atoms with Crippen molar-refractivity contribution in [1.29, 1.82) is 0 Å². The average Bonchev–Trinajstić information content (AvgIpc) is 3.15. The SMILES string of the molecule is Cc1cc(N2CCCC2)n2nc(-c3cccc(Cl)c3)cc2n1. The van der Waals surface area contributed by atoms with Crippen molar-refractivity contribution in [2.75, 3.05) is 18.0 Å². The predicted molar refractivity (Wildman–Crippen MR) is 89.6 cm³/mol. The smallest absolute Gasteiger partial charge is 0.158 e. The molecule has 5 heteroatoms. The first-order chi connectivity index (χ1) is 10.7. The van der Waals surface area contributed by atoms with Gasteiger partial charge in [-0.3, -0.25) is 0 Å². The molecule has 0 saturated carbocycles. The molecule has 0 aliphatic carbocycles. The van der Waals surface area contributed by atoms with E-state index in [9.17, 15) is 0 Å². The van der Waals surface area contributed by atoms with Gasteiger partial charge in [-0.15, -0.1) is 0 Å². The fourth-order valence-corrected chi connectivity index (χ4v) is 3.23. The number of nitrogens with zero attached hydrogens (tertiary/aromatic N) is 4. The molecule has 22 heavy (non-hydrogen) atoms.